The van der Waals surface area contributed by atoms with Crippen molar-refractivity contribution in [2.24, 2.45) is 7.05 Å². The average molecular weight is 380 g/mol. The molecular formula is C13H10BrF4N3O. The Morgan fingerprint density at radius 3 is 2.73 bits per heavy atom. The molecule has 0 bridgehead atoms. The number of para-hydroxylation sites is 1. The van der Waals surface area contributed by atoms with Gasteiger partial charge in [0.05, 0.1) is 11.3 Å². The predicted octanol–water partition coefficient (Wildman–Crippen LogP) is 3.64. The fourth-order valence-corrected chi connectivity index (χ4v) is 2.23. The van der Waals surface area contributed by atoms with Crippen LogP contribution < -0.4 is 5.32 Å². The van der Waals surface area contributed by atoms with Gasteiger partial charge < -0.3 is 5.32 Å². The molecule has 0 spiro atoms. The second kappa shape index (κ2) is 6.07. The van der Waals surface area contributed by atoms with E-state index in [-0.39, 0.29) is 10.2 Å². The van der Waals surface area contributed by atoms with E-state index in [4.69, 9.17) is 0 Å². The highest BCUT2D eigenvalue weighted by molar-refractivity contribution is 9.10. The number of alkyl halides is 3. The van der Waals surface area contributed by atoms with E-state index in [9.17, 15) is 22.4 Å². The molecule has 0 atom stereocenters. The standard InChI is InChI=1S/C13H10BrF4N3O/c1-21-5-7(11(20-21)13(17,18)6-15)12(22)19-10-8(14)3-2-4-9(10)16/h2-5H,6H2,1H3,(H,19,22). The van der Waals surface area contributed by atoms with Gasteiger partial charge in [-0.1, -0.05) is 6.07 Å². The van der Waals surface area contributed by atoms with Crippen LogP contribution in [0.1, 0.15) is 16.1 Å². The molecule has 2 rings (SSSR count). The average Bonchev–Trinajstić information content (AvgIpc) is 2.86. The molecular weight excluding hydrogens is 370 g/mol. The zero-order valence-corrected chi connectivity index (χ0v) is 12.8. The topological polar surface area (TPSA) is 46.9 Å². The molecule has 1 amide bonds. The van der Waals surface area contributed by atoms with Crippen molar-refractivity contribution in [2.75, 3.05) is 12.0 Å². The smallest absolute Gasteiger partial charge is 0.318 e. The quantitative estimate of drug-likeness (QED) is 0.824. The van der Waals surface area contributed by atoms with Gasteiger partial charge in [-0.2, -0.15) is 13.9 Å². The Morgan fingerprint density at radius 2 is 2.14 bits per heavy atom. The Kier molecular flexibility index (Phi) is 4.55. The maximum absolute atomic E-state index is 13.7. The third-order valence-corrected chi connectivity index (χ3v) is 3.45. The highest BCUT2D eigenvalue weighted by Crippen LogP contribution is 2.31. The molecule has 0 aliphatic carbocycles. The number of hydrogen-bond donors (Lipinski definition) is 1. The molecule has 1 heterocycles. The first-order valence-corrected chi connectivity index (χ1v) is 6.79. The Balaban J connectivity index is 2.39. The molecule has 2 aromatic rings. The van der Waals surface area contributed by atoms with Gasteiger partial charge in [0.1, 0.15) is 11.5 Å². The van der Waals surface area contributed by atoms with Gasteiger partial charge in [0.25, 0.3) is 5.91 Å². The molecule has 1 aromatic heterocycles. The van der Waals surface area contributed by atoms with Gasteiger partial charge in [0, 0.05) is 17.7 Å². The van der Waals surface area contributed by atoms with Gasteiger partial charge in [-0.3, -0.25) is 9.48 Å². The van der Waals surface area contributed by atoms with E-state index in [1.165, 1.54) is 19.2 Å². The molecule has 0 saturated heterocycles. The maximum Gasteiger partial charge on any atom is 0.320 e. The lowest BCUT2D eigenvalue weighted by Gasteiger charge is -2.12. The third-order valence-electron chi connectivity index (χ3n) is 2.79. The first kappa shape index (κ1) is 16.5. The van der Waals surface area contributed by atoms with Crippen LogP contribution in [0.25, 0.3) is 0 Å². The number of aromatic nitrogens is 2. The molecule has 0 fully saturated rings. The Labute approximate surface area is 131 Å². The first-order valence-electron chi connectivity index (χ1n) is 5.99. The van der Waals surface area contributed by atoms with Crippen molar-refractivity contribution in [2.45, 2.75) is 5.92 Å². The molecule has 0 aliphatic heterocycles. The summed E-state index contributed by atoms with van der Waals surface area (Å²) in [4.78, 5) is 12.1. The monoisotopic (exact) mass is 379 g/mol. The van der Waals surface area contributed by atoms with Crippen LogP contribution in [0, 0.1) is 5.82 Å². The summed E-state index contributed by atoms with van der Waals surface area (Å²) in [6.45, 7) is -1.99. The summed E-state index contributed by atoms with van der Waals surface area (Å²) in [5.74, 6) is -5.66. The Morgan fingerprint density at radius 1 is 1.45 bits per heavy atom. The van der Waals surface area contributed by atoms with Crippen LogP contribution in [0.4, 0.5) is 23.2 Å². The largest absolute Gasteiger partial charge is 0.320 e. The number of benzene rings is 1. The van der Waals surface area contributed by atoms with E-state index < -0.39 is 35.6 Å². The van der Waals surface area contributed by atoms with E-state index in [0.29, 0.717) is 0 Å². The SMILES string of the molecule is Cn1cc(C(=O)Nc2c(F)cccc2Br)c(C(F)(F)CF)n1. The summed E-state index contributed by atoms with van der Waals surface area (Å²) in [6, 6.07) is 3.97. The van der Waals surface area contributed by atoms with Crippen LogP contribution in [0.5, 0.6) is 0 Å². The second-order valence-corrected chi connectivity index (χ2v) is 5.31. The van der Waals surface area contributed by atoms with Crippen molar-refractivity contribution in [1.82, 2.24) is 9.78 Å². The number of halogens is 5. The van der Waals surface area contributed by atoms with Crippen molar-refractivity contribution < 1.29 is 22.4 Å². The Bertz CT molecular complexity index is 697. The van der Waals surface area contributed by atoms with Crippen LogP contribution in [0.15, 0.2) is 28.9 Å². The van der Waals surface area contributed by atoms with Gasteiger partial charge >= 0.3 is 5.92 Å². The lowest BCUT2D eigenvalue weighted by molar-refractivity contribution is -0.0331. The zero-order chi connectivity index (χ0) is 16.5. The summed E-state index contributed by atoms with van der Waals surface area (Å²) in [5, 5.41) is 5.60. The summed E-state index contributed by atoms with van der Waals surface area (Å²) in [5.41, 5.74) is -1.73. The van der Waals surface area contributed by atoms with Crippen molar-refractivity contribution in [3.05, 3.63) is 45.9 Å². The number of aryl methyl sites for hydroxylation is 1. The summed E-state index contributed by atoms with van der Waals surface area (Å²) >= 11 is 3.04. The summed E-state index contributed by atoms with van der Waals surface area (Å²) in [6.07, 6.45) is 1.02. The van der Waals surface area contributed by atoms with Gasteiger partial charge in [-0.15, -0.1) is 0 Å². The van der Waals surface area contributed by atoms with Gasteiger partial charge in [0.2, 0.25) is 0 Å². The van der Waals surface area contributed by atoms with Crippen LogP contribution in [-0.2, 0) is 13.0 Å². The summed E-state index contributed by atoms with van der Waals surface area (Å²) in [7, 11) is 1.31. The predicted molar refractivity (Wildman–Crippen MR) is 75.1 cm³/mol. The lowest BCUT2D eigenvalue weighted by atomic mass is 10.1. The van der Waals surface area contributed by atoms with E-state index in [2.05, 4.69) is 26.3 Å². The molecule has 0 unspecified atom stereocenters. The van der Waals surface area contributed by atoms with Crippen LogP contribution in [0.2, 0.25) is 0 Å². The number of hydrogen-bond acceptors (Lipinski definition) is 2. The van der Waals surface area contributed by atoms with E-state index in [1.807, 2.05) is 0 Å². The molecule has 0 aliphatic rings. The highest BCUT2D eigenvalue weighted by Gasteiger charge is 2.39. The van der Waals surface area contributed by atoms with Crippen molar-refractivity contribution in [1.29, 1.82) is 0 Å². The second-order valence-electron chi connectivity index (χ2n) is 4.45. The summed E-state index contributed by atoms with van der Waals surface area (Å²) < 4.78 is 54.3. The van der Waals surface area contributed by atoms with E-state index in [0.717, 1.165) is 16.9 Å². The van der Waals surface area contributed by atoms with Crippen LogP contribution >= 0.6 is 15.9 Å². The number of nitrogens with one attached hydrogen (secondary N) is 1. The van der Waals surface area contributed by atoms with E-state index in [1.54, 1.807) is 0 Å². The minimum atomic E-state index is -3.90. The number of nitrogens with zero attached hydrogens (tertiary/aromatic N) is 2. The molecule has 22 heavy (non-hydrogen) atoms. The number of amides is 1. The molecule has 1 aromatic carbocycles. The fraction of sp³-hybridized carbons (Fsp3) is 0.231. The maximum atomic E-state index is 13.7. The number of carbonyl (C=O) groups excluding carboxylic acids is 1. The number of rotatable bonds is 4. The zero-order valence-electron chi connectivity index (χ0n) is 11.2. The van der Waals surface area contributed by atoms with Gasteiger partial charge in [0.15, 0.2) is 6.67 Å². The normalized spacial score (nSPS) is 11.5. The molecule has 4 nitrogen and oxygen atoms in total. The minimum Gasteiger partial charge on any atom is -0.318 e. The first-order chi connectivity index (χ1) is 10.3. The lowest BCUT2D eigenvalue weighted by Crippen LogP contribution is -2.23. The molecule has 9 heteroatoms. The molecule has 0 saturated carbocycles. The van der Waals surface area contributed by atoms with Gasteiger partial charge in [-0.25, -0.2) is 8.78 Å². The van der Waals surface area contributed by atoms with E-state index >= 15 is 0 Å². The van der Waals surface area contributed by atoms with Crippen molar-refractivity contribution in [3.63, 3.8) is 0 Å². The molecule has 1 N–H and O–H groups in total. The third kappa shape index (κ3) is 3.13. The highest BCUT2D eigenvalue weighted by atomic mass is 79.9. The van der Waals surface area contributed by atoms with Crippen LogP contribution in [0.3, 0.4) is 0 Å². The van der Waals surface area contributed by atoms with Gasteiger partial charge in [-0.05, 0) is 28.1 Å². The molecule has 118 valence electrons. The Hall–Kier alpha value is -1.90. The van der Waals surface area contributed by atoms with Crippen molar-refractivity contribution in [3.8, 4) is 0 Å². The fourth-order valence-electron chi connectivity index (χ4n) is 1.79. The number of anilines is 1. The van der Waals surface area contributed by atoms with Crippen molar-refractivity contribution >= 4 is 27.5 Å². The molecule has 0 radical (unpaired) electrons. The number of carbonyl (C=O) groups is 1. The van der Waals surface area contributed by atoms with Crippen LogP contribution in [-0.4, -0.2) is 22.4 Å². The minimum absolute atomic E-state index is 0.203.